The van der Waals surface area contributed by atoms with Crippen molar-refractivity contribution < 1.29 is 23.8 Å². The molecule has 1 aliphatic rings. The van der Waals surface area contributed by atoms with E-state index in [1.54, 1.807) is 30.3 Å². The molecule has 0 bridgehead atoms. The molecule has 2 aromatic rings. The monoisotopic (exact) mass is 353 g/mol. The molecule has 0 unspecified atom stereocenters. The largest absolute Gasteiger partial charge is 0.454 e. The molecule has 6 heteroatoms. The normalized spacial score (nSPS) is 13.5. The summed E-state index contributed by atoms with van der Waals surface area (Å²) < 4.78 is 15.6. The molecule has 0 aromatic heterocycles. The van der Waals surface area contributed by atoms with Gasteiger partial charge in [0.15, 0.2) is 17.6 Å². The van der Waals surface area contributed by atoms with E-state index in [1.807, 2.05) is 25.1 Å². The Morgan fingerprint density at radius 1 is 1.15 bits per heavy atom. The van der Waals surface area contributed by atoms with Crippen molar-refractivity contribution in [1.29, 1.82) is 0 Å². The predicted octanol–water partition coefficient (Wildman–Crippen LogP) is 3.31. The number of carbonyl (C=O) groups is 2. The van der Waals surface area contributed by atoms with Gasteiger partial charge in [0.2, 0.25) is 6.79 Å². The van der Waals surface area contributed by atoms with Crippen molar-refractivity contribution in [2.45, 2.75) is 20.0 Å². The summed E-state index contributed by atoms with van der Waals surface area (Å²) in [5, 5.41) is 2.72. The molecular weight excluding hydrogens is 334 g/mol. The molecule has 0 spiro atoms. The van der Waals surface area contributed by atoms with Crippen molar-refractivity contribution in [3.8, 4) is 11.5 Å². The first-order valence-corrected chi connectivity index (χ1v) is 8.17. The van der Waals surface area contributed by atoms with Crippen LogP contribution >= 0.6 is 0 Å². The van der Waals surface area contributed by atoms with Gasteiger partial charge in [0.05, 0.1) is 0 Å². The third kappa shape index (κ3) is 4.42. The highest BCUT2D eigenvalue weighted by Gasteiger charge is 2.17. The molecule has 1 N–H and O–H groups in total. The highest BCUT2D eigenvalue weighted by Crippen LogP contribution is 2.32. The van der Waals surface area contributed by atoms with E-state index in [1.165, 1.54) is 13.0 Å². The van der Waals surface area contributed by atoms with Gasteiger partial charge in [-0.15, -0.1) is 0 Å². The Morgan fingerprint density at radius 2 is 1.96 bits per heavy atom. The van der Waals surface area contributed by atoms with Crippen molar-refractivity contribution in [3.05, 3.63) is 59.7 Å². The van der Waals surface area contributed by atoms with Gasteiger partial charge >= 0.3 is 5.97 Å². The van der Waals surface area contributed by atoms with Gasteiger partial charge in [-0.05, 0) is 55.3 Å². The van der Waals surface area contributed by atoms with Crippen LogP contribution in [0.1, 0.15) is 18.1 Å². The molecule has 1 amide bonds. The number of aryl methyl sites for hydroxylation is 1. The van der Waals surface area contributed by atoms with E-state index in [-0.39, 0.29) is 12.7 Å². The van der Waals surface area contributed by atoms with Crippen LogP contribution < -0.4 is 14.8 Å². The molecule has 0 saturated carbocycles. The molecule has 26 heavy (non-hydrogen) atoms. The van der Waals surface area contributed by atoms with Crippen LogP contribution in [0, 0.1) is 6.92 Å². The summed E-state index contributed by atoms with van der Waals surface area (Å²) in [6.45, 7) is 3.65. The summed E-state index contributed by atoms with van der Waals surface area (Å²) in [5.74, 6) is 0.313. The van der Waals surface area contributed by atoms with Crippen LogP contribution in [0.4, 0.5) is 5.69 Å². The average Bonchev–Trinajstić information content (AvgIpc) is 3.07. The third-order valence-corrected chi connectivity index (χ3v) is 3.76. The molecule has 3 rings (SSSR count). The summed E-state index contributed by atoms with van der Waals surface area (Å²) in [6, 6.07) is 12.7. The number of ether oxygens (including phenoxy) is 3. The topological polar surface area (TPSA) is 73.9 Å². The van der Waals surface area contributed by atoms with Gasteiger partial charge < -0.3 is 19.5 Å². The van der Waals surface area contributed by atoms with Crippen LogP contribution in [0.3, 0.4) is 0 Å². The number of fused-ring (bicyclic) bond motifs is 1. The number of nitrogens with one attached hydrogen (secondary N) is 1. The molecule has 6 nitrogen and oxygen atoms in total. The van der Waals surface area contributed by atoms with Gasteiger partial charge in [0, 0.05) is 11.8 Å². The van der Waals surface area contributed by atoms with Gasteiger partial charge in [0.1, 0.15) is 0 Å². The molecule has 1 aliphatic heterocycles. The van der Waals surface area contributed by atoms with Gasteiger partial charge in [-0.25, -0.2) is 4.79 Å². The zero-order valence-corrected chi connectivity index (χ0v) is 14.5. The van der Waals surface area contributed by atoms with Crippen LogP contribution in [0.15, 0.2) is 48.5 Å². The minimum absolute atomic E-state index is 0.193. The predicted molar refractivity (Wildman–Crippen MR) is 97.0 cm³/mol. The van der Waals surface area contributed by atoms with Gasteiger partial charge in [-0.1, -0.05) is 18.2 Å². The van der Waals surface area contributed by atoms with E-state index in [0.29, 0.717) is 17.2 Å². The second kappa shape index (κ2) is 7.74. The second-order valence-corrected chi connectivity index (χ2v) is 5.88. The SMILES string of the molecule is Cc1cccc(NC(=O)[C@H](C)OC(=O)/C=C/c2ccc3c(c2)OCO3)c1. The van der Waals surface area contributed by atoms with Gasteiger partial charge in [0.25, 0.3) is 5.91 Å². The lowest BCUT2D eigenvalue weighted by atomic mass is 10.2. The second-order valence-electron chi connectivity index (χ2n) is 5.88. The van der Waals surface area contributed by atoms with Crippen molar-refractivity contribution >= 4 is 23.6 Å². The van der Waals surface area contributed by atoms with Crippen LogP contribution in [-0.2, 0) is 14.3 Å². The Kier molecular flexibility index (Phi) is 5.22. The average molecular weight is 353 g/mol. The first-order chi connectivity index (χ1) is 12.5. The van der Waals surface area contributed by atoms with Crippen LogP contribution in [0.5, 0.6) is 11.5 Å². The Bertz CT molecular complexity index is 859. The number of hydrogen-bond donors (Lipinski definition) is 1. The fourth-order valence-corrected chi connectivity index (χ4v) is 2.41. The number of amides is 1. The zero-order chi connectivity index (χ0) is 18.5. The molecule has 0 radical (unpaired) electrons. The maximum Gasteiger partial charge on any atom is 0.331 e. The number of anilines is 1. The van der Waals surface area contributed by atoms with E-state index >= 15 is 0 Å². The maximum atomic E-state index is 12.1. The number of hydrogen-bond acceptors (Lipinski definition) is 5. The maximum absolute atomic E-state index is 12.1. The Labute approximate surface area is 151 Å². The zero-order valence-electron chi connectivity index (χ0n) is 14.5. The molecule has 1 heterocycles. The van der Waals surface area contributed by atoms with Gasteiger partial charge in [-0.2, -0.15) is 0 Å². The smallest absolute Gasteiger partial charge is 0.331 e. The summed E-state index contributed by atoms with van der Waals surface area (Å²) in [5.41, 5.74) is 2.45. The molecule has 0 fully saturated rings. The van der Waals surface area contributed by atoms with Crippen molar-refractivity contribution in [2.75, 3.05) is 12.1 Å². The summed E-state index contributed by atoms with van der Waals surface area (Å²) >= 11 is 0. The van der Waals surface area contributed by atoms with E-state index in [4.69, 9.17) is 14.2 Å². The summed E-state index contributed by atoms with van der Waals surface area (Å²) in [7, 11) is 0. The Hall–Kier alpha value is -3.28. The van der Waals surface area contributed by atoms with Crippen molar-refractivity contribution in [1.82, 2.24) is 0 Å². The number of esters is 1. The minimum atomic E-state index is -0.913. The highest BCUT2D eigenvalue weighted by molar-refractivity contribution is 5.96. The first kappa shape index (κ1) is 17.5. The van der Waals surface area contributed by atoms with E-state index in [0.717, 1.165) is 11.1 Å². The standard InChI is InChI=1S/C20H19NO5/c1-13-4-3-5-16(10-13)21-20(23)14(2)26-19(22)9-7-15-6-8-17-18(11-15)25-12-24-17/h3-11,14H,12H2,1-2H3,(H,21,23)/b9-7+/t14-/m0/s1. The minimum Gasteiger partial charge on any atom is -0.454 e. The molecule has 0 saturated heterocycles. The molecular formula is C20H19NO5. The third-order valence-electron chi connectivity index (χ3n) is 3.76. The fraction of sp³-hybridized carbons (Fsp3) is 0.200. The van der Waals surface area contributed by atoms with E-state index in [9.17, 15) is 9.59 Å². The number of benzene rings is 2. The van der Waals surface area contributed by atoms with Crippen LogP contribution in [0.2, 0.25) is 0 Å². The van der Waals surface area contributed by atoms with Crippen molar-refractivity contribution in [2.24, 2.45) is 0 Å². The highest BCUT2D eigenvalue weighted by atomic mass is 16.7. The van der Waals surface area contributed by atoms with Crippen molar-refractivity contribution in [3.63, 3.8) is 0 Å². The number of rotatable bonds is 5. The molecule has 0 aliphatic carbocycles. The molecule has 1 atom stereocenters. The Morgan fingerprint density at radius 3 is 2.77 bits per heavy atom. The lowest BCUT2D eigenvalue weighted by Crippen LogP contribution is -2.29. The lowest BCUT2D eigenvalue weighted by Gasteiger charge is -2.12. The van der Waals surface area contributed by atoms with Gasteiger partial charge in [-0.3, -0.25) is 4.79 Å². The Balaban J connectivity index is 1.54. The van der Waals surface area contributed by atoms with E-state index in [2.05, 4.69) is 5.32 Å². The summed E-state index contributed by atoms with van der Waals surface area (Å²) in [6.07, 6.45) is 1.95. The summed E-state index contributed by atoms with van der Waals surface area (Å²) in [4.78, 5) is 24.0. The van der Waals surface area contributed by atoms with Crippen LogP contribution in [-0.4, -0.2) is 24.8 Å². The fourth-order valence-electron chi connectivity index (χ4n) is 2.41. The lowest BCUT2D eigenvalue weighted by molar-refractivity contribution is -0.148. The van der Waals surface area contributed by atoms with Crippen LogP contribution in [0.25, 0.3) is 6.08 Å². The number of carbonyl (C=O) groups excluding carboxylic acids is 2. The van der Waals surface area contributed by atoms with E-state index < -0.39 is 12.1 Å². The first-order valence-electron chi connectivity index (χ1n) is 8.17. The molecule has 2 aromatic carbocycles. The molecule has 134 valence electrons. The quantitative estimate of drug-likeness (QED) is 0.659.